The molecule has 6 nitrogen and oxygen atoms in total. The standard InChI is InChI=1S/C17H24FN5O/c1-10-6-11(2)8-13(7-10)24-9-12(3)20-16-22-14(17(4,5)18)21-15(19)23-16/h6-8,12H,9H2,1-5H3,(H3,19,20,21,22,23)/t12-/m0/s1. The number of nitrogens with two attached hydrogens (primary N) is 1. The van der Waals surface area contributed by atoms with Gasteiger partial charge in [-0.15, -0.1) is 0 Å². The van der Waals surface area contributed by atoms with Crippen molar-refractivity contribution in [3.05, 3.63) is 35.2 Å². The number of aromatic nitrogens is 3. The van der Waals surface area contributed by atoms with E-state index >= 15 is 0 Å². The molecule has 2 rings (SSSR count). The van der Waals surface area contributed by atoms with Crippen molar-refractivity contribution in [3.8, 4) is 5.75 Å². The summed E-state index contributed by atoms with van der Waals surface area (Å²) in [6, 6.07) is 5.94. The minimum absolute atomic E-state index is 0.0000673. The topological polar surface area (TPSA) is 86.0 Å². The lowest BCUT2D eigenvalue weighted by Crippen LogP contribution is -2.26. The van der Waals surface area contributed by atoms with Crippen molar-refractivity contribution < 1.29 is 9.13 Å². The highest BCUT2D eigenvalue weighted by molar-refractivity contribution is 5.34. The largest absolute Gasteiger partial charge is 0.491 e. The van der Waals surface area contributed by atoms with Crippen LogP contribution >= 0.6 is 0 Å². The van der Waals surface area contributed by atoms with Crippen LogP contribution in [-0.2, 0) is 5.67 Å². The lowest BCUT2D eigenvalue weighted by atomic mass is 10.1. The van der Waals surface area contributed by atoms with E-state index in [0.717, 1.165) is 16.9 Å². The summed E-state index contributed by atoms with van der Waals surface area (Å²) in [5, 5.41) is 3.06. The predicted octanol–water partition coefficient (Wildman–Crippen LogP) is 3.15. The number of benzene rings is 1. The second-order valence-electron chi connectivity index (χ2n) is 6.49. The van der Waals surface area contributed by atoms with Crippen molar-refractivity contribution in [2.75, 3.05) is 17.7 Å². The molecule has 0 fully saturated rings. The van der Waals surface area contributed by atoms with Crippen LogP contribution in [0, 0.1) is 13.8 Å². The maximum atomic E-state index is 14.0. The molecule has 0 radical (unpaired) electrons. The number of halogens is 1. The molecule has 1 aromatic heterocycles. The molecule has 0 saturated heterocycles. The minimum Gasteiger partial charge on any atom is -0.491 e. The second kappa shape index (κ2) is 6.98. The van der Waals surface area contributed by atoms with Crippen LogP contribution in [0.1, 0.15) is 37.7 Å². The third-order valence-corrected chi connectivity index (χ3v) is 3.26. The zero-order chi connectivity index (χ0) is 17.9. The highest BCUT2D eigenvalue weighted by Gasteiger charge is 2.24. The Bertz CT molecular complexity index is 694. The monoisotopic (exact) mass is 333 g/mol. The van der Waals surface area contributed by atoms with Gasteiger partial charge in [-0.3, -0.25) is 0 Å². The molecule has 1 aromatic carbocycles. The number of nitrogen functional groups attached to an aromatic ring is 1. The van der Waals surface area contributed by atoms with E-state index in [-0.39, 0.29) is 23.8 Å². The van der Waals surface area contributed by atoms with E-state index < -0.39 is 5.67 Å². The van der Waals surface area contributed by atoms with Gasteiger partial charge in [0.1, 0.15) is 12.4 Å². The van der Waals surface area contributed by atoms with Crippen LogP contribution in [-0.4, -0.2) is 27.6 Å². The van der Waals surface area contributed by atoms with E-state index in [0.29, 0.717) is 6.61 Å². The number of hydrogen-bond acceptors (Lipinski definition) is 6. The molecule has 0 saturated carbocycles. The number of aryl methyl sites for hydroxylation is 2. The number of hydrogen-bond donors (Lipinski definition) is 2. The van der Waals surface area contributed by atoms with Gasteiger partial charge in [0.05, 0.1) is 6.04 Å². The molecule has 1 heterocycles. The molecule has 0 spiro atoms. The molecular formula is C17H24FN5O. The van der Waals surface area contributed by atoms with Crippen molar-refractivity contribution in [2.45, 2.75) is 46.3 Å². The molecule has 3 N–H and O–H groups in total. The smallest absolute Gasteiger partial charge is 0.228 e. The molecule has 0 amide bonds. The molecule has 24 heavy (non-hydrogen) atoms. The van der Waals surface area contributed by atoms with E-state index in [1.54, 1.807) is 0 Å². The number of nitrogens with one attached hydrogen (secondary N) is 1. The van der Waals surface area contributed by atoms with Gasteiger partial charge in [0.25, 0.3) is 0 Å². The fourth-order valence-electron chi connectivity index (χ4n) is 2.22. The number of alkyl halides is 1. The Morgan fingerprint density at radius 2 is 1.79 bits per heavy atom. The Labute approximate surface area is 141 Å². The molecule has 0 aliphatic carbocycles. The summed E-state index contributed by atoms with van der Waals surface area (Å²) in [5.74, 6) is 1.03. The first-order chi connectivity index (χ1) is 11.1. The average Bonchev–Trinajstić information content (AvgIpc) is 2.42. The van der Waals surface area contributed by atoms with E-state index in [4.69, 9.17) is 10.5 Å². The first kappa shape index (κ1) is 17.9. The van der Waals surface area contributed by atoms with E-state index in [1.807, 2.05) is 32.9 Å². The lowest BCUT2D eigenvalue weighted by molar-refractivity contribution is 0.206. The molecule has 0 unspecified atom stereocenters. The van der Waals surface area contributed by atoms with Crippen LogP contribution in [0.25, 0.3) is 0 Å². The Morgan fingerprint density at radius 1 is 1.17 bits per heavy atom. The Morgan fingerprint density at radius 3 is 2.38 bits per heavy atom. The van der Waals surface area contributed by atoms with Gasteiger partial charge in [0.15, 0.2) is 11.5 Å². The van der Waals surface area contributed by atoms with Gasteiger partial charge in [-0.2, -0.15) is 15.0 Å². The summed E-state index contributed by atoms with van der Waals surface area (Å²) in [6.07, 6.45) is 0. The maximum Gasteiger partial charge on any atom is 0.228 e. The molecule has 0 aliphatic rings. The number of nitrogens with zero attached hydrogens (tertiary/aromatic N) is 3. The number of anilines is 2. The summed E-state index contributed by atoms with van der Waals surface area (Å²) in [7, 11) is 0. The first-order valence-corrected chi connectivity index (χ1v) is 7.82. The van der Waals surface area contributed by atoms with Crippen LogP contribution in [0.3, 0.4) is 0 Å². The number of ether oxygens (including phenoxy) is 1. The zero-order valence-electron chi connectivity index (χ0n) is 14.7. The maximum absolute atomic E-state index is 14.0. The molecule has 130 valence electrons. The van der Waals surface area contributed by atoms with Crippen molar-refractivity contribution in [3.63, 3.8) is 0 Å². The van der Waals surface area contributed by atoms with Gasteiger partial charge in [-0.05, 0) is 57.9 Å². The SMILES string of the molecule is Cc1cc(C)cc(OC[C@H](C)Nc2nc(N)nc(C(C)(C)F)n2)c1. The van der Waals surface area contributed by atoms with Crippen molar-refractivity contribution >= 4 is 11.9 Å². The lowest BCUT2D eigenvalue weighted by Gasteiger charge is -2.18. The van der Waals surface area contributed by atoms with E-state index in [2.05, 4.69) is 26.3 Å². The minimum atomic E-state index is -1.69. The van der Waals surface area contributed by atoms with Gasteiger partial charge in [-0.25, -0.2) is 4.39 Å². The second-order valence-corrected chi connectivity index (χ2v) is 6.49. The zero-order valence-corrected chi connectivity index (χ0v) is 14.7. The summed E-state index contributed by atoms with van der Waals surface area (Å²) in [6.45, 7) is 9.12. The first-order valence-electron chi connectivity index (χ1n) is 7.82. The van der Waals surface area contributed by atoms with E-state index in [9.17, 15) is 4.39 Å². The van der Waals surface area contributed by atoms with Gasteiger partial charge in [0.2, 0.25) is 11.9 Å². The summed E-state index contributed by atoms with van der Waals surface area (Å²) in [5.41, 5.74) is 6.23. The highest BCUT2D eigenvalue weighted by Crippen LogP contribution is 2.22. The third kappa shape index (κ3) is 5.04. The average molecular weight is 333 g/mol. The van der Waals surface area contributed by atoms with Gasteiger partial charge >= 0.3 is 0 Å². The van der Waals surface area contributed by atoms with E-state index in [1.165, 1.54) is 13.8 Å². The molecular weight excluding hydrogens is 309 g/mol. The normalized spacial score (nSPS) is 12.8. The van der Waals surface area contributed by atoms with Crippen LogP contribution in [0.15, 0.2) is 18.2 Å². The third-order valence-electron chi connectivity index (χ3n) is 3.26. The van der Waals surface area contributed by atoms with Crippen LogP contribution < -0.4 is 15.8 Å². The molecule has 0 bridgehead atoms. The van der Waals surface area contributed by atoms with Crippen LogP contribution in [0.5, 0.6) is 5.75 Å². The number of rotatable bonds is 6. The van der Waals surface area contributed by atoms with Crippen molar-refractivity contribution in [1.82, 2.24) is 15.0 Å². The van der Waals surface area contributed by atoms with Gasteiger partial charge in [-0.1, -0.05) is 6.07 Å². The fraction of sp³-hybridized carbons (Fsp3) is 0.471. The van der Waals surface area contributed by atoms with Gasteiger partial charge in [0, 0.05) is 0 Å². The van der Waals surface area contributed by atoms with Gasteiger partial charge < -0.3 is 15.8 Å². The van der Waals surface area contributed by atoms with Crippen LogP contribution in [0.2, 0.25) is 0 Å². The highest BCUT2D eigenvalue weighted by atomic mass is 19.1. The summed E-state index contributed by atoms with van der Waals surface area (Å²) >= 11 is 0. The summed E-state index contributed by atoms with van der Waals surface area (Å²) in [4.78, 5) is 11.9. The molecule has 0 aliphatic heterocycles. The Balaban J connectivity index is 2.02. The van der Waals surface area contributed by atoms with Crippen molar-refractivity contribution in [1.29, 1.82) is 0 Å². The fourth-order valence-corrected chi connectivity index (χ4v) is 2.22. The Kier molecular flexibility index (Phi) is 5.21. The molecule has 2 aromatic rings. The molecule has 7 heteroatoms. The molecule has 1 atom stereocenters. The Hall–Kier alpha value is -2.44. The van der Waals surface area contributed by atoms with Crippen molar-refractivity contribution in [2.24, 2.45) is 0 Å². The summed E-state index contributed by atoms with van der Waals surface area (Å²) < 4.78 is 19.8. The quantitative estimate of drug-likeness (QED) is 0.844. The van der Waals surface area contributed by atoms with Crippen LogP contribution in [0.4, 0.5) is 16.3 Å². The predicted molar refractivity (Wildman–Crippen MR) is 92.9 cm³/mol.